The van der Waals surface area contributed by atoms with Gasteiger partial charge in [0.2, 0.25) is 0 Å². The Morgan fingerprint density at radius 3 is 2.12 bits per heavy atom. The lowest BCUT2D eigenvalue weighted by Crippen LogP contribution is -2.14. The maximum Gasteiger partial charge on any atom is 0.335 e. The van der Waals surface area contributed by atoms with Crippen molar-refractivity contribution in [2.24, 2.45) is 0 Å². The van der Waals surface area contributed by atoms with E-state index in [1.165, 1.54) is 36.4 Å². The third kappa shape index (κ3) is 4.05. The van der Waals surface area contributed by atoms with E-state index in [4.69, 9.17) is 16.7 Å². The van der Waals surface area contributed by atoms with E-state index >= 15 is 0 Å². The molecule has 0 spiro atoms. The van der Waals surface area contributed by atoms with Gasteiger partial charge in [0, 0.05) is 11.9 Å². The molecule has 2 aromatic carbocycles. The molecule has 0 fully saturated rings. The number of hydrogen-bond acceptors (Lipinski definition) is 5. The maximum atomic E-state index is 12.4. The molecule has 0 unspecified atom stereocenters. The number of benzene rings is 2. The number of anilines is 1. The van der Waals surface area contributed by atoms with Gasteiger partial charge in [0.25, 0.3) is 10.0 Å². The largest absolute Gasteiger partial charge is 0.478 e. The van der Waals surface area contributed by atoms with Gasteiger partial charge in [0.05, 0.1) is 15.5 Å². The fraction of sp³-hybridized carbons (Fsp3) is 0.0714. The van der Waals surface area contributed by atoms with Gasteiger partial charge >= 0.3 is 5.97 Å². The summed E-state index contributed by atoms with van der Waals surface area (Å²) in [5.41, 5.74) is 0.107. The molecule has 0 radical (unpaired) electrons. The van der Waals surface area contributed by atoms with Crippen molar-refractivity contribution in [1.82, 2.24) is 0 Å². The van der Waals surface area contributed by atoms with E-state index in [2.05, 4.69) is 4.72 Å². The second kappa shape index (κ2) is 6.42. The quantitative estimate of drug-likeness (QED) is 0.809. The van der Waals surface area contributed by atoms with Crippen LogP contribution in [0, 0.1) is 0 Å². The van der Waals surface area contributed by atoms with Crippen molar-refractivity contribution >= 4 is 43.1 Å². The number of halogens is 1. The van der Waals surface area contributed by atoms with E-state index in [0.717, 1.165) is 12.3 Å². The first-order valence-electron chi connectivity index (χ1n) is 6.36. The van der Waals surface area contributed by atoms with Crippen molar-refractivity contribution < 1.29 is 26.7 Å². The summed E-state index contributed by atoms with van der Waals surface area (Å²) in [5.74, 6) is -1.15. The summed E-state index contributed by atoms with van der Waals surface area (Å²) in [6.07, 6.45) is 0.949. The van der Waals surface area contributed by atoms with E-state index in [1.54, 1.807) is 0 Å². The second-order valence-electron chi connectivity index (χ2n) is 4.85. The average molecular weight is 390 g/mol. The van der Waals surface area contributed by atoms with Crippen LogP contribution >= 0.6 is 11.6 Å². The highest BCUT2D eigenvalue weighted by molar-refractivity contribution is 7.93. The number of aromatic carboxylic acids is 1. The van der Waals surface area contributed by atoms with E-state index in [1.807, 2.05) is 0 Å². The van der Waals surface area contributed by atoms with Gasteiger partial charge in [-0.2, -0.15) is 0 Å². The van der Waals surface area contributed by atoms with Crippen molar-refractivity contribution in [1.29, 1.82) is 0 Å². The molecule has 7 nitrogen and oxygen atoms in total. The number of carbonyl (C=O) groups is 1. The Bertz CT molecular complexity index is 998. The molecular formula is C14H12ClNO6S2. The van der Waals surface area contributed by atoms with Gasteiger partial charge in [-0.15, -0.1) is 0 Å². The SMILES string of the molecule is CS(=O)(=O)c1ccc(Cl)c(S(=O)(=O)Nc2ccc(C(=O)O)cc2)c1. The molecule has 0 saturated carbocycles. The predicted octanol–water partition coefficient (Wildman–Crippen LogP) is 2.24. The molecular weight excluding hydrogens is 378 g/mol. The molecule has 2 N–H and O–H groups in total. The molecule has 24 heavy (non-hydrogen) atoms. The molecule has 0 saturated heterocycles. The molecule has 0 atom stereocenters. The van der Waals surface area contributed by atoms with Gasteiger partial charge in [-0.1, -0.05) is 11.6 Å². The van der Waals surface area contributed by atoms with Crippen LogP contribution in [0.15, 0.2) is 52.3 Å². The number of sulfone groups is 1. The summed E-state index contributed by atoms with van der Waals surface area (Å²) >= 11 is 5.87. The van der Waals surface area contributed by atoms with Crippen LogP contribution in [0.3, 0.4) is 0 Å². The Hall–Kier alpha value is -2.10. The predicted molar refractivity (Wildman–Crippen MR) is 88.8 cm³/mol. The lowest BCUT2D eigenvalue weighted by molar-refractivity contribution is 0.0697. The number of hydrogen-bond donors (Lipinski definition) is 2. The smallest absolute Gasteiger partial charge is 0.335 e. The molecule has 2 aromatic rings. The van der Waals surface area contributed by atoms with Crippen LogP contribution in [-0.4, -0.2) is 34.2 Å². The molecule has 0 aliphatic carbocycles. The number of carboxylic acids is 1. The lowest BCUT2D eigenvalue weighted by Gasteiger charge is -2.11. The van der Waals surface area contributed by atoms with Crippen LogP contribution in [0.1, 0.15) is 10.4 Å². The Morgan fingerprint density at radius 2 is 1.62 bits per heavy atom. The molecule has 2 rings (SSSR count). The van der Waals surface area contributed by atoms with Gasteiger partial charge in [-0.05, 0) is 42.5 Å². The molecule has 128 valence electrons. The zero-order valence-corrected chi connectivity index (χ0v) is 14.6. The second-order valence-corrected chi connectivity index (χ2v) is 8.93. The highest BCUT2D eigenvalue weighted by atomic mass is 35.5. The van der Waals surface area contributed by atoms with Crippen LogP contribution in [0.2, 0.25) is 5.02 Å². The highest BCUT2D eigenvalue weighted by Gasteiger charge is 2.21. The molecule has 10 heteroatoms. The van der Waals surface area contributed by atoms with Gasteiger partial charge in [-0.25, -0.2) is 21.6 Å². The summed E-state index contributed by atoms with van der Waals surface area (Å²) in [5, 5.41) is 8.67. The molecule has 0 aromatic heterocycles. The fourth-order valence-electron chi connectivity index (χ4n) is 1.81. The number of rotatable bonds is 5. The van der Waals surface area contributed by atoms with E-state index in [0.29, 0.717) is 0 Å². The van der Waals surface area contributed by atoms with Crippen LogP contribution in [0.4, 0.5) is 5.69 Å². The Morgan fingerprint density at radius 1 is 1.04 bits per heavy atom. The number of carboxylic acid groups (broad SMARTS) is 1. The first-order valence-corrected chi connectivity index (χ1v) is 10.1. The fourth-order valence-corrected chi connectivity index (χ4v) is 4.12. The van der Waals surface area contributed by atoms with Crippen LogP contribution in [0.5, 0.6) is 0 Å². The average Bonchev–Trinajstić information content (AvgIpc) is 2.46. The van der Waals surface area contributed by atoms with Crippen molar-refractivity contribution in [2.75, 3.05) is 11.0 Å². The summed E-state index contributed by atoms with van der Waals surface area (Å²) in [6.45, 7) is 0. The minimum atomic E-state index is -4.15. The van der Waals surface area contributed by atoms with Crippen LogP contribution in [0.25, 0.3) is 0 Å². The normalized spacial score (nSPS) is 11.9. The van der Waals surface area contributed by atoms with Gasteiger partial charge in [0.1, 0.15) is 4.90 Å². The topological polar surface area (TPSA) is 118 Å². The molecule has 0 aliphatic heterocycles. The van der Waals surface area contributed by atoms with E-state index < -0.39 is 30.7 Å². The highest BCUT2D eigenvalue weighted by Crippen LogP contribution is 2.26. The molecule has 0 heterocycles. The van der Waals surface area contributed by atoms with Crippen molar-refractivity contribution in [2.45, 2.75) is 9.79 Å². The monoisotopic (exact) mass is 389 g/mol. The Balaban J connectivity index is 2.42. The minimum absolute atomic E-state index is 0.00458. The Labute approximate surface area is 143 Å². The summed E-state index contributed by atoms with van der Waals surface area (Å²) in [4.78, 5) is 10.2. The molecule has 0 amide bonds. The number of nitrogens with one attached hydrogen (secondary N) is 1. The van der Waals surface area contributed by atoms with Crippen molar-refractivity contribution in [3.63, 3.8) is 0 Å². The number of sulfonamides is 1. The zero-order valence-electron chi connectivity index (χ0n) is 12.2. The minimum Gasteiger partial charge on any atom is -0.478 e. The maximum absolute atomic E-state index is 12.4. The lowest BCUT2D eigenvalue weighted by atomic mass is 10.2. The zero-order chi connectivity index (χ0) is 18.1. The molecule has 0 bridgehead atoms. The summed E-state index contributed by atoms with van der Waals surface area (Å²) in [6, 6.07) is 8.36. The third-order valence-electron chi connectivity index (χ3n) is 3.00. The Kier molecular flexibility index (Phi) is 4.88. The first-order chi connectivity index (χ1) is 11.0. The van der Waals surface area contributed by atoms with Gasteiger partial charge < -0.3 is 5.11 Å². The van der Waals surface area contributed by atoms with E-state index in [9.17, 15) is 21.6 Å². The third-order valence-corrected chi connectivity index (χ3v) is 5.98. The standard InChI is InChI=1S/C14H12ClNO6S2/c1-23(19,20)11-6-7-12(15)13(8-11)24(21,22)16-10-4-2-9(3-5-10)14(17)18/h2-8,16H,1H3,(H,17,18). The summed E-state index contributed by atoms with van der Waals surface area (Å²) < 4.78 is 50.2. The first kappa shape index (κ1) is 18.2. The van der Waals surface area contributed by atoms with Crippen molar-refractivity contribution in [3.8, 4) is 0 Å². The summed E-state index contributed by atoms with van der Waals surface area (Å²) in [7, 11) is -7.76. The van der Waals surface area contributed by atoms with Crippen LogP contribution < -0.4 is 4.72 Å². The van der Waals surface area contributed by atoms with Crippen LogP contribution in [-0.2, 0) is 19.9 Å². The van der Waals surface area contributed by atoms with Crippen molar-refractivity contribution in [3.05, 3.63) is 53.1 Å². The molecule has 0 aliphatic rings. The van der Waals surface area contributed by atoms with E-state index in [-0.39, 0.29) is 21.2 Å². The van der Waals surface area contributed by atoms with Gasteiger partial charge in [-0.3, -0.25) is 4.72 Å². The van der Waals surface area contributed by atoms with Gasteiger partial charge in [0.15, 0.2) is 9.84 Å².